The van der Waals surface area contributed by atoms with Crippen LogP contribution in [-0.2, 0) is 20.7 Å². The highest BCUT2D eigenvalue weighted by molar-refractivity contribution is 7.92. The number of benzene rings is 1. The predicted molar refractivity (Wildman–Crippen MR) is 99.4 cm³/mol. The molecule has 1 saturated carbocycles. The second-order valence-corrected chi connectivity index (χ2v) is 11.4. The molecule has 0 unspecified atom stereocenters. The molecule has 1 aromatic carbocycles. The van der Waals surface area contributed by atoms with E-state index in [9.17, 15) is 13.2 Å². The van der Waals surface area contributed by atoms with Crippen LogP contribution >= 0.6 is 0 Å². The van der Waals surface area contributed by atoms with Crippen molar-refractivity contribution in [3.8, 4) is 5.75 Å². The fraction of sp³-hybridized carbons (Fsp3) is 0.650. The summed E-state index contributed by atoms with van der Waals surface area (Å²) in [5.74, 6) is 0.555. The van der Waals surface area contributed by atoms with Gasteiger partial charge in [-0.25, -0.2) is 8.42 Å². The van der Waals surface area contributed by atoms with Crippen molar-refractivity contribution in [2.24, 2.45) is 5.92 Å². The van der Waals surface area contributed by atoms with Gasteiger partial charge >= 0.3 is 0 Å². The predicted octanol–water partition coefficient (Wildman–Crippen LogP) is 3.66. The first-order chi connectivity index (χ1) is 11.4. The summed E-state index contributed by atoms with van der Waals surface area (Å²) in [6.07, 6.45) is 1.93. The molecule has 1 heterocycles. The highest BCUT2D eigenvalue weighted by Crippen LogP contribution is 2.45. The number of carbonyl (C=O) groups excluding carboxylic acids is 1. The van der Waals surface area contributed by atoms with Gasteiger partial charge in [-0.3, -0.25) is 4.79 Å². The lowest BCUT2D eigenvalue weighted by molar-refractivity contribution is 0.102. The van der Waals surface area contributed by atoms with Crippen LogP contribution < -0.4 is 4.74 Å². The van der Waals surface area contributed by atoms with E-state index >= 15 is 0 Å². The summed E-state index contributed by atoms with van der Waals surface area (Å²) in [6, 6.07) is 3.67. The molecule has 1 aliphatic carbocycles. The first-order valence-corrected chi connectivity index (χ1v) is 10.8. The SMILES string of the molecule is CC(C)(C)c1cc(C(=O)CS(=O)(=O)CC2CC2)cc2c1OCC2(C)C. The molecule has 1 aliphatic heterocycles. The Morgan fingerprint density at radius 3 is 2.44 bits per heavy atom. The van der Waals surface area contributed by atoms with Gasteiger partial charge in [-0.15, -0.1) is 0 Å². The molecule has 0 bridgehead atoms. The summed E-state index contributed by atoms with van der Waals surface area (Å²) in [4.78, 5) is 12.7. The molecule has 0 spiro atoms. The molecular formula is C20H28O4S. The van der Waals surface area contributed by atoms with Crippen LogP contribution in [0.4, 0.5) is 0 Å². The number of fused-ring (bicyclic) bond motifs is 1. The Morgan fingerprint density at radius 2 is 1.88 bits per heavy atom. The maximum Gasteiger partial charge on any atom is 0.177 e. The summed E-state index contributed by atoms with van der Waals surface area (Å²) >= 11 is 0. The minimum absolute atomic E-state index is 0.143. The van der Waals surface area contributed by atoms with Crippen molar-refractivity contribution in [1.82, 2.24) is 0 Å². The lowest BCUT2D eigenvalue weighted by Gasteiger charge is -2.24. The van der Waals surface area contributed by atoms with Gasteiger partial charge in [0.15, 0.2) is 15.6 Å². The number of ketones is 1. The van der Waals surface area contributed by atoms with E-state index in [1.807, 2.05) is 12.1 Å². The molecule has 4 nitrogen and oxygen atoms in total. The van der Waals surface area contributed by atoms with Crippen molar-refractivity contribution in [2.75, 3.05) is 18.1 Å². The maximum absolute atomic E-state index is 12.7. The van der Waals surface area contributed by atoms with E-state index in [0.717, 1.165) is 29.7 Å². The Morgan fingerprint density at radius 1 is 1.24 bits per heavy atom. The third-order valence-corrected chi connectivity index (χ3v) is 6.74. The zero-order chi connectivity index (χ0) is 18.6. The average Bonchev–Trinajstić information content (AvgIpc) is 3.20. The number of carbonyl (C=O) groups is 1. The van der Waals surface area contributed by atoms with Gasteiger partial charge in [0.2, 0.25) is 0 Å². The molecule has 0 radical (unpaired) electrons. The van der Waals surface area contributed by atoms with Crippen LogP contribution in [0.3, 0.4) is 0 Å². The van der Waals surface area contributed by atoms with Gasteiger partial charge in [-0.05, 0) is 36.3 Å². The van der Waals surface area contributed by atoms with Crippen molar-refractivity contribution in [3.05, 3.63) is 28.8 Å². The van der Waals surface area contributed by atoms with Crippen molar-refractivity contribution in [2.45, 2.75) is 58.3 Å². The minimum Gasteiger partial charge on any atom is -0.492 e. The topological polar surface area (TPSA) is 60.4 Å². The van der Waals surface area contributed by atoms with Gasteiger partial charge in [-0.2, -0.15) is 0 Å². The highest BCUT2D eigenvalue weighted by atomic mass is 32.2. The summed E-state index contributed by atoms with van der Waals surface area (Å²) in [5, 5.41) is 0. The number of ether oxygens (including phenoxy) is 1. The standard InChI is InChI=1S/C20H28O4S/c1-19(2,3)15-8-14(9-16-18(15)24-12-20(16,4)5)17(21)11-25(22,23)10-13-6-7-13/h8-9,13H,6-7,10-12H2,1-5H3. The molecule has 1 fully saturated rings. The first-order valence-electron chi connectivity index (χ1n) is 8.94. The third-order valence-electron chi connectivity index (χ3n) is 5.06. The highest BCUT2D eigenvalue weighted by Gasteiger charge is 2.37. The van der Waals surface area contributed by atoms with Crippen molar-refractivity contribution in [1.29, 1.82) is 0 Å². The van der Waals surface area contributed by atoms with Crippen molar-refractivity contribution < 1.29 is 17.9 Å². The van der Waals surface area contributed by atoms with E-state index in [0.29, 0.717) is 12.2 Å². The molecule has 0 aromatic heterocycles. The first kappa shape index (κ1) is 18.4. The van der Waals surface area contributed by atoms with Crippen LogP contribution in [0.1, 0.15) is 68.9 Å². The van der Waals surface area contributed by atoms with Crippen LogP contribution in [-0.4, -0.2) is 32.3 Å². The number of hydrogen-bond donors (Lipinski definition) is 0. The molecular weight excluding hydrogens is 336 g/mol. The van der Waals surface area contributed by atoms with E-state index < -0.39 is 15.6 Å². The number of rotatable bonds is 5. The molecule has 3 rings (SSSR count). The van der Waals surface area contributed by atoms with E-state index in [1.165, 1.54) is 0 Å². The zero-order valence-electron chi connectivity index (χ0n) is 15.8. The van der Waals surface area contributed by atoms with Gasteiger partial charge in [0, 0.05) is 22.1 Å². The normalized spacial score (nSPS) is 19.4. The van der Waals surface area contributed by atoms with Crippen molar-refractivity contribution in [3.63, 3.8) is 0 Å². The molecule has 0 saturated heterocycles. The molecule has 1 aromatic rings. The Labute approximate surface area is 150 Å². The van der Waals surface area contributed by atoms with Gasteiger partial charge in [0.05, 0.1) is 12.4 Å². The van der Waals surface area contributed by atoms with E-state index in [2.05, 4.69) is 34.6 Å². The second kappa shape index (κ2) is 5.83. The summed E-state index contributed by atoms with van der Waals surface area (Å²) in [5.41, 5.74) is 2.09. The van der Waals surface area contributed by atoms with Gasteiger partial charge < -0.3 is 4.74 Å². The molecule has 0 amide bonds. The van der Waals surface area contributed by atoms with Crippen LogP contribution in [0.15, 0.2) is 12.1 Å². The Balaban J connectivity index is 1.98. The Bertz CT molecular complexity index is 809. The summed E-state index contributed by atoms with van der Waals surface area (Å²) in [6.45, 7) is 11.0. The minimum atomic E-state index is -3.34. The molecule has 0 N–H and O–H groups in total. The lowest BCUT2D eigenvalue weighted by Crippen LogP contribution is -2.22. The molecule has 2 aliphatic rings. The van der Waals surface area contributed by atoms with Gasteiger partial charge in [0.25, 0.3) is 0 Å². The fourth-order valence-corrected chi connectivity index (χ4v) is 5.06. The molecule has 0 atom stereocenters. The molecule has 25 heavy (non-hydrogen) atoms. The average molecular weight is 365 g/mol. The fourth-order valence-electron chi connectivity index (χ4n) is 3.32. The Kier molecular flexibility index (Phi) is 4.30. The van der Waals surface area contributed by atoms with Gasteiger partial charge in [-0.1, -0.05) is 34.6 Å². The monoisotopic (exact) mass is 364 g/mol. The molecule has 5 heteroatoms. The summed E-state index contributed by atoms with van der Waals surface area (Å²) in [7, 11) is -3.34. The van der Waals surface area contributed by atoms with E-state index in [-0.39, 0.29) is 28.3 Å². The largest absolute Gasteiger partial charge is 0.492 e. The van der Waals surface area contributed by atoms with Crippen LogP contribution in [0.5, 0.6) is 5.75 Å². The van der Waals surface area contributed by atoms with Crippen LogP contribution in [0.2, 0.25) is 0 Å². The quantitative estimate of drug-likeness (QED) is 0.748. The second-order valence-electron chi connectivity index (χ2n) is 9.24. The van der Waals surface area contributed by atoms with E-state index in [4.69, 9.17) is 4.74 Å². The summed E-state index contributed by atoms with van der Waals surface area (Å²) < 4.78 is 30.5. The maximum atomic E-state index is 12.7. The van der Waals surface area contributed by atoms with Crippen LogP contribution in [0, 0.1) is 5.92 Å². The smallest absolute Gasteiger partial charge is 0.177 e. The lowest BCUT2D eigenvalue weighted by atomic mass is 9.79. The number of Topliss-reactive ketones (excluding diaryl/α,β-unsaturated/α-hetero) is 1. The van der Waals surface area contributed by atoms with Gasteiger partial charge in [0.1, 0.15) is 11.5 Å². The van der Waals surface area contributed by atoms with E-state index in [1.54, 1.807) is 0 Å². The number of hydrogen-bond acceptors (Lipinski definition) is 4. The Hall–Kier alpha value is -1.36. The third kappa shape index (κ3) is 3.91. The number of sulfone groups is 1. The van der Waals surface area contributed by atoms with Crippen LogP contribution in [0.25, 0.3) is 0 Å². The zero-order valence-corrected chi connectivity index (χ0v) is 16.6. The molecule has 138 valence electrons. The van der Waals surface area contributed by atoms with Crippen molar-refractivity contribution >= 4 is 15.6 Å².